The van der Waals surface area contributed by atoms with E-state index in [0.717, 1.165) is 38.2 Å². The van der Waals surface area contributed by atoms with Crippen LogP contribution in [0.5, 0.6) is 0 Å². The standard InChI is InChI=1S/C19H25N3O3/c23-17-12-19(25-14-18(17)24)6-10-21(11-7-19)13-15-4-1-2-5-16(15)22-9-3-8-20-22/h1-5,8-9,17-18,23-24H,6-7,10-14H2/t17-,18+/m1/s1. The third-order valence-corrected chi connectivity index (χ3v) is 5.49. The first-order chi connectivity index (χ1) is 12.2. The minimum absolute atomic E-state index is 0.239. The Kier molecular flexibility index (Phi) is 4.60. The van der Waals surface area contributed by atoms with Crippen molar-refractivity contribution in [1.82, 2.24) is 14.7 Å². The van der Waals surface area contributed by atoms with Crippen LogP contribution in [0.1, 0.15) is 24.8 Å². The quantitative estimate of drug-likeness (QED) is 0.880. The molecule has 0 aliphatic carbocycles. The molecule has 2 saturated heterocycles. The van der Waals surface area contributed by atoms with Gasteiger partial charge in [-0.15, -0.1) is 0 Å². The zero-order chi connectivity index (χ0) is 17.3. The highest BCUT2D eigenvalue weighted by Crippen LogP contribution is 2.35. The minimum atomic E-state index is -0.746. The van der Waals surface area contributed by atoms with Crippen molar-refractivity contribution in [2.45, 2.75) is 43.6 Å². The molecule has 134 valence electrons. The molecule has 4 rings (SSSR count). The van der Waals surface area contributed by atoms with Gasteiger partial charge in [-0.1, -0.05) is 18.2 Å². The maximum Gasteiger partial charge on any atom is 0.103 e. The van der Waals surface area contributed by atoms with Gasteiger partial charge in [-0.3, -0.25) is 4.90 Å². The number of ether oxygens (including phenoxy) is 1. The van der Waals surface area contributed by atoms with Crippen molar-refractivity contribution in [3.05, 3.63) is 48.3 Å². The fourth-order valence-corrected chi connectivity index (χ4v) is 3.94. The molecular formula is C19H25N3O3. The van der Waals surface area contributed by atoms with Gasteiger partial charge in [0, 0.05) is 38.4 Å². The number of aliphatic hydroxyl groups is 2. The number of rotatable bonds is 3. The number of aromatic nitrogens is 2. The van der Waals surface area contributed by atoms with Gasteiger partial charge in [-0.05, 0) is 30.5 Å². The van der Waals surface area contributed by atoms with E-state index in [9.17, 15) is 10.2 Å². The average Bonchev–Trinajstić information content (AvgIpc) is 3.16. The van der Waals surface area contributed by atoms with E-state index in [-0.39, 0.29) is 12.2 Å². The van der Waals surface area contributed by atoms with Gasteiger partial charge in [0.25, 0.3) is 0 Å². The zero-order valence-corrected chi connectivity index (χ0v) is 14.3. The molecule has 2 fully saturated rings. The molecule has 2 atom stereocenters. The maximum atomic E-state index is 9.98. The molecule has 0 amide bonds. The number of hydrogen-bond donors (Lipinski definition) is 2. The van der Waals surface area contributed by atoms with E-state index in [2.05, 4.69) is 28.2 Å². The fraction of sp³-hybridized carbons (Fsp3) is 0.526. The summed E-state index contributed by atoms with van der Waals surface area (Å²) in [6.45, 7) is 2.97. The molecule has 2 aliphatic rings. The monoisotopic (exact) mass is 343 g/mol. The highest BCUT2D eigenvalue weighted by molar-refractivity contribution is 5.40. The minimum Gasteiger partial charge on any atom is -0.390 e. The smallest absolute Gasteiger partial charge is 0.103 e. The Hall–Kier alpha value is -1.73. The van der Waals surface area contributed by atoms with Crippen molar-refractivity contribution in [2.24, 2.45) is 0 Å². The van der Waals surface area contributed by atoms with Crippen LogP contribution in [0.4, 0.5) is 0 Å². The third-order valence-electron chi connectivity index (χ3n) is 5.49. The van der Waals surface area contributed by atoms with Gasteiger partial charge in [-0.2, -0.15) is 5.10 Å². The van der Waals surface area contributed by atoms with Crippen LogP contribution in [0.15, 0.2) is 42.7 Å². The first kappa shape index (κ1) is 16.7. The fourth-order valence-electron chi connectivity index (χ4n) is 3.94. The van der Waals surface area contributed by atoms with Crippen LogP contribution >= 0.6 is 0 Å². The molecule has 2 aliphatic heterocycles. The van der Waals surface area contributed by atoms with Crippen molar-refractivity contribution in [3.63, 3.8) is 0 Å². The van der Waals surface area contributed by atoms with E-state index >= 15 is 0 Å². The van der Waals surface area contributed by atoms with E-state index in [1.165, 1.54) is 5.56 Å². The lowest BCUT2D eigenvalue weighted by molar-refractivity contribution is -0.188. The second-order valence-corrected chi connectivity index (χ2v) is 7.19. The molecule has 25 heavy (non-hydrogen) atoms. The molecule has 0 unspecified atom stereocenters. The van der Waals surface area contributed by atoms with E-state index in [1.54, 1.807) is 6.20 Å². The number of nitrogens with zero attached hydrogens (tertiary/aromatic N) is 3. The predicted octanol–water partition coefficient (Wildman–Crippen LogP) is 1.35. The summed E-state index contributed by atoms with van der Waals surface area (Å²) in [6.07, 6.45) is 4.66. The highest BCUT2D eigenvalue weighted by Gasteiger charge is 2.42. The van der Waals surface area contributed by atoms with Crippen LogP contribution in [0.25, 0.3) is 5.69 Å². The molecule has 1 aromatic heterocycles. The van der Waals surface area contributed by atoms with Crippen LogP contribution in [0.2, 0.25) is 0 Å². The Bertz CT molecular complexity index is 696. The molecule has 1 spiro atoms. The lowest BCUT2D eigenvalue weighted by Crippen LogP contribution is -2.54. The van der Waals surface area contributed by atoms with Crippen LogP contribution < -0.4 is 0 Å². The van der Waals surface area contributed by atoms with Crippen molar-refractivity contribution in [2.75, 3.05) is 19.7 Å². The molecule has 0 saturated carbocycles. The lowest BCUT2D eigenvalue weighted by atomic mass is 9.82. The molecule has 2 aromatic rings. The number of piperidine rings is 1. The molecule has 2 N–H and O–H groups in total. The van der Waals surface area contributed by atoms with E-state index in [0.29, 0.717) is 6.42 Å². The van der Waals surface area contributed by atoms with Gasteiger partial charge >= 0.3 is 0 Å². The Labute approximate surface area is 147 Å². The SMILES string of the molecule is O[C@@H]1CC2(CCN(Cc3ccccc3-n3cccn3)CC2)OC[C@@H]1O. The summed E-state index contributed by atoms with van der Waals surface area (Å²) in [7, 11) is 0. The Morgan fingerprint density at radius 1 is 1.12 bits per heavy atom. The van der Waals surface area contributed by atoms with Gasteiger partial charge in [0.15, 0.2) is 0 Å². The molecule has 6 nitrogen and oxygen atoms in total. The van der Waals surface area contributed by atoms with Crippen molar-refractivity contribution >= 4 is 0 Å². The average molecular weight is 343 g/mol. The molecule has 6 heteroatoms. The first-order valence-electron chi connectivity index (χ1n) is 8.96. The number of benzene rings is 1. The van der Waals surface area contributed by atoms with Crippen molar-refractivity contribution < 1.29 is 14.9 Å². The number of hydrogen-bond acceptors (Lipinski definition) is 5. The zero-order valence-electron chi connectivity index (χ0n) is 14.3. The first-order valence-corrected chi connectivity index (χ1v) is 8.96. The second kappa shape index (κ2) is 6.88. The third kappa shape index (κ3) is 3.48. The van der Waals surface area contributed by atoms with E-state index < -0.39 is 12.2 Å². The number of para-hydroxylation sites is 1. The molecule has 1 aromatic carbocycles. The van der Waals surface area contributed by atoms with Gasteiger partial charge < -0.3 is 14.9 Å². The lowest BCUT2D eigenvalue weighted by Gasteiger charge is -2.46. The number of likely N-dealkylation sites (tertiary alicyclic amines) is 1. The van der Waals surface area contributed by atoms with Crippen molar-refractivity contribution in [3.8, 4) is 5.69 Å². The summed E-state index contributed by atoms with van der Waals surface area (Å²) >= 11 is 0. The van der Waals surface area contributed by atoms with Crippen LogP contribution in [-0.2, 0) is 11.3 Å². The van der Waals surface area contributed by atoms with Gasteiger partial charge in [0.2, 0.25) is 0 Å². The molecule has 0 bridgehead atoms. The maximum absolute atomic E-state index is 9.98. The summed E-state index contributed by atoms with van der Waals surface area (Å²) in [5.74, 6) is 0. The van der Waals surface area contributed by atoms with E-state index in [4.69, 9.17) is 4.74 Å². The van der Waals surface area contributed by atoms with Crippen LogP contribution in [0, 0.1) is 0 Å². The summed E-state index contributed by atoms with van der Waals surface area (Å²) in [5.41, 5.74) is 2.10. The topological polar surface area (TPSA) is 70.8 Å². The van der Waals surface area contributed by atoms with Gasteiger partial charge in [0.1, 0.15) is 6.10 Å². The Morgan fingerprint density at radius 3 is 2.64 bits per heavy atom. The van der Waals surface area contributed by atoms with Gasteiger partial charge in [0.05, 0.1) is 24.0 Å². The summed E-state index contributed by atoms with van der Waals surface area (Å²) in [6, 6.07) is 10.3. The largest absolute Gasteiger partial charge is 0.390 e. The molecular weight excluding hydrogens is 318 g/mol. The second-order valence-electron chi connectivity index (χ2n) is 7.19. The van der Waals surface area contributed by atoms with E-state index in [1.807, 2.05) is 23.0 Å². The number of aliphatic hydroxyl groups excluding tert-OH is 2. The molecule has 0 radical (unpaired) electrons. The highest BCUT2D eigenvalue weighted by atomic mass is 16.5. The predicted molar refractivity (Wildman–Crippen MR) is 93.4 cm³/mol. The Morgan fingerprint density at radius 2 is 1.92 bits per heavy atom. The van der Waals surface area contributed by atoms with Crippen LogP contribution in [0.3, 0.4) is 0 Å². The van der Waals surface area contributed by atoms with Crippen molar-refractivity contribution in [1.29, 1.82) is 0 Å². The van der Waals surface area contributed by atoms with Crippen LogP contribution in [-0.4, -0.2) is 62.4 Å². The summed E-state index contributed by atoms with van der Waals surface area (Å²) < 4.78 is 7.82. The summed E-state index contributed by atoms with van der Waals surface area (Å²) in [5, 5.41) is 24.0. The van der Waals surface area contributed by atoms with Gasteiger partial charge in [-0.25, -0.2) is 4.68 Å². The summed E-state index contributed by atoms with van der Waals surface area (Å²) in [4.78, 5) is 2.42. The normalized spacial score (nSPS) is 26.8. The molecule has 3 heterocycles. The Balaban J connectivity index is 1.42.